The minimum atomic E-state index is -0.703. The van der Waals surface area contributed by atoms with Gasteiger partial charge >= 0.3 is 0 Å². The molecule has 0 saturated heterocycles. The normalized spacial score (nSPS) is 12.3. The van der Waals surface area contributed by atoms with Crippen LogP contribution < -0.4 is 15.8 Å². The first-order chi connectivity index (χ1) is 9.63. The minimum Gasteiger partial charge on any atom is -0.494 e. The fraction of sp³-hybridized carbons (Fsp3) is 0.385. The Morgan fingerprint density at radius 2 is 2.35 bits per heavy atom. The summed E-state index contributed by atoms with van der Waals surface area (Å²) in [5.41, 5.74) is 6.47. The van der Waals surface area contributed by atoms with Crippen molar-refractivity contribution in [2.75, 3.05) is 25.6 Å². The molecule has 0 spiro atoms. The number of thiazole rings is 1. The number of rotatable bonds is 6. The zero-order valence-electron chi connectivity index (χ0n) is 11.4. The summed E-state index contributed by atoms with van der Waals surface area (Å²) in [4.78, 5) is 16.1. The largest absolute Gasteiger partial charge is 0.494 e. The van der Waals surface area contributed by atoms with Crippen molar-refractivity contribution in [3.8, 4) is 5.75 Å². The Balaban J connectivity index is 2.13. The van der Waals surface area contributed by atoms with Crippen molar-refractivity contribution in [1.29, 1.82) is 0 Å². The highest BCUT2D eigenvalue weighted by atomic mass is 32.1. The molecule has 0 aliphatic rings. The molecule has 0 bridgehead atoms. The van der Waals surface area contributed by atoms with Crippen LogP contribution in [0.2, 0.25) is 0 Å². The van der Waals surface area contributed by atoms with Crippen LogP contribution in [0.3, 0.4) is 0 Å². The first-order valence-corrected chi connectivity index (χ1v) is 7.04. The average molecular weight is 295 g/mol. The number of ether oxygens (including phenoxy) is 2. The van der Waals surface area contributed by atoms with Crippen molar-refractivity contribution >= 4 is 32.6 Å². The van der Waals surface area contributed by atoms with Crippen LogP contribution in [0.25, 0.3) is 10.2 Å². The Labute approximate surface area is 120 Å². The fourth-order valence-electron chi connectivity index (χ4n) is 1.67. The molecule has 108 valence electrons. The quantitative estimate of drug-likeness (QED) is 0.845. The van der Waals surface area contributed by atoms with E-state index in [1.165, 1.54) is 18.4 Å². The van der Waals surface area contributed by atoms with E-state index in [1.54, 1.807) is 0 Å². The van der Waals surface area contributed by atoms with Gasteiger partial charge in [-0.15, -0.1) is 0 Å². The predicted octanol–water partition coefficient (Wildman–Crippen LogP) is 1.61. The van der Waals surface area contributed by atoms with E-state index in [0.29, 0.717) is 11.7 Å². The number of methoxy groups -OCH3 is 1. The van der Waals surface area contributed by atoms with E-state index in [2.05, 4.69) is 10.3 Å². The van der Waals surface area contributed by atoms with Gasteiger partial charge in [0, 0.05) is 7.11 Å². The van der Waals surface area contributed by atoms with Crippen molar-refractivity contribution in [3.05, 3.63) is 18.2 Å². The lowest BCUT2D eigenvalue weighted by atomic mass is 10.3. The molecular formula is C13H17N3O3S. The Morgan fingerprint density at radius 1 is 1.55 bits per heavy atom. The molecule has 1 amide bonds. The van der Waals surface area contributed by atoms with E-state index in [-0.39, 0.29) is 12.5 Å². The fourth-order valence-corrected chi connectivity index (χ4v) is 2.57. The molecule has 1 heterocycles. The minimum absolute atomic E-state index is 0.172. The smallest absolute Gasteiger partial charge is 0.245 e. The van der Waals surface area contributed by atoms with Crippen LogP contribution in [0.4, 0.5) is 5.13 Å². The number of amides is 1. The van der Waals surface area contributed by atoms with Crippen molar-refractivity contribution < 1.29 is 14.3 Å². The predicted molar refractivity (Wildman–Crippen MR) is 79.3 cm³/mol. The Bertz CT molecular complexity index is 600. The number of hydrogen-bond acceptors (Lipinski definition) is 6. The SMILES string of the molecule is CCOc1ccc2nc(NC(=O)C(N)COC)sc2c1. The summed E-state index contributed by atoms with van der Waals surface area (Å²) >= 11 is 1.38. The second-order valence-electron chi connectivity index (χ2n) is 4.13. The number of carbonyl (C=O) groups is 1. The van der Waals surface area contributed by atoms with Crippen LogP contribution in [0, 0.1) is 0 Å². The third-order valence-corrected chi connectivity index (χ3v) is 3.52. The summed E-state index contributed by atoms with van der Waals surface area (Å²) in [6.45, 7) is 2.71. The van der Waals surface area contributed by atoms with Gasteiger partial charge < -0.3 is 20.5 Å². The van der Waals surface area contributed by atoms with E-state index < -0.39 is 6.04 Å². The molecule has 1 atom stereocenters. The van der Waals surface area contributed by atoms with Gasteiger partial charge in [0.2, 0.25) is 5.91 Å². The zero-order valence-corrected chi connectivity index (χ0v) is 12.2. The summed E-state index contributed by atoms with van der Waals surface area (Å²) < 4.78 is 11.2. The molecule has 1 unspecified atom stereocenters. The standard InChI is InChI=1S/C13H17N3O3S/c1-3-19-8-4-5-10-11(6-8)20-13(15-10)16-12(17)9(14)7-18-2/h4-6,9H,3,7,14H2,1-2H3,(H,15,16,17). The number of aromatic nitrogens is 1. The van der Waals surface area contributed by atoms with Crippen LogP contribution in [0.5, 0.6) is 5.75 Å². The molecule has 0 radical (unpaired) electrons. The lowest BCUT2D eigenvalue weighted by Gasteiger charge is -2.08. The van der Waals surface area contributed by atoms with E-state index in [9.17, 15) is 4.79 Å². The molecule has 0 saturated carbocycles. The Morgan fingerprint density at radius 3 is 3.05 bits per heavy atom. The monoisotopic (exact) mass is 295 g/mol. The summed E-state index contributed by atoms with van der Waals surface area (Å²) in [5.74, 6) is 0.480. The Hall–Kier alpha value is -1.70. The van der Waals surface area contributed by atoms with Gasteiger partial charge in [-0.1, -0.05) is 11.3 Å². The topological polar surface area (TPSA) is 86.5 Å². The van der Waals surface area contributed by atoms with E-state index in [4.69, 9.17) is 15.2 Å². The summed E-state index contributed by atoms with van der Waals surface area (Å²) in [6, 6.07) is 4.92. The van der Waals surface area contributed by atoms with Crippen LogP contribution in [-0.4, -0.2) is 37.3 Å². The summed E-state index contributed by atoms with van der Waals surface area (Å²) in [6.07, 6.45) is 0. The number of anilines is 1. The molecule has 1 aromatic heterocycles. The molecule has 20 heavy (non-hydrogen) atoms. The highest BCUT2D eigenvalue weighted by molar-refractivity contribution is 7.22. The highest BCUT2D eigenvalue weighted by Gasteiger charge is 2.15. The molecular weight excluding hydrogens is 278 g/mol. The lowest BCUT2D eigenvalue weighted by molar-refractivity contribution is -0.118. The van der Waals surface area contributed by atoms with Gasteiger partial charge in [0.15, 0.2) is 5.13 Å². The summed E-state index contributed by atoms with van der Waals surface area (Å²) in [7, 11) is 1.50. The maximum Gasteiger partial charge on any atom is 0.245 e. The van der Waals surface area contributed by atoms with E-state index >= 15 is 0 Å². The van der Waals surface area contributed by atoms with Gasteiger partial charge in [-0.25, -0.2) is 4.98 Å². The number of nitrogens with zero attached hydrogens (tertiary/aromatic N) is 1. The number of nitrogens with two attached hydrogens (primary N) is 1. The molecule has 0 fully saturated rings. The molecule has 6 nitrogen and oxygen atoms in total. The van der Waals surface area contributed by atoms with Crippen molar-refractivity contribution in [3.63, 3.8) is 0 Å². The molecule has 3 N–H and O–H groups in total. The maximum atomic E-state index is 11.8. The maximum absolute atomic E-state index is 11.8. The number of hydrogen-bond donors (Lipinski definition) is 2. The Kier molecular flexibility index (Phi) is 4.89. The van der Waals surface area contributed by atoms with Gasteiger partial charge in [-0.05, 0) is 25.1 Å². The molecule has 7 heteroatoms. The molecule has 0 aliphatic carbocycles. The number of benzene rings is 1. The average Bonchev–Trinajstić information content (AvgIpc) is 2.80. The third kappa shape index (κ3) is 3.44. The molecule has 0 aliphatic heterocycles. The second-order valence-corrected chi connectivity index (χ2v) is 5.16. The molecule has 1 aromatic carbocycles. The van der Waals surface area contributed by atoms with Gasteiger partial charge in [0.05, 0.1) is 23.4 Å². The number of fused-ring (bicyclic) bond motifs is 1. The molecule has 2 aromatic rings. The van der Waals surface area contributed by atoms with Crippen LogP contribution in [0.15, 0.2) is 18.2 Å². The first-order valence-electron chi connectivity index (χ1n) is 6.22. The summed E-state index contributed by atoms with van der Waals surface area (Å²) in [5, 5.41) is 3.21. The number of carbonyl (C=O) groups excluding carboxylic acids is 1. The van der Waals surface area contributed by atoms with Crippen LogP contribution in [-0.2, 0) is 9.53 Å². The number of nitrogens with one attached hydrogen (secondary N) is 1. The van der Waals surface area contributed by atoms with Gasteiger partial charge in [-0.2, -0.15) is 0 Å². The van der Waals surface area contributed by atoms with E-state index in [1.807, 2.05) is 25.1 Å². The molecule has 2 rings (SSSR count). The van der Waals surface area contributed by atoms with Gasteiger partial charge in [0.25, 0.3) is 0 Å². The first kappa shape index (κ1) is 14.7. The van der Waals surface area contributed by atoms with Crippen LogP contribution in [0.1, 0.15) is 6.92 Å². The van der Waals surface area contributed by atoms with Crippen molar-refractivity contribution in [2.24, 2.45) is 5.73 Å². The van der Waals surface area contributed by atoms with Crippen molar-refractivity contribution in [2.45, 2.75) is 13.0 Å². The van der Waals surface area contributed by atoms with Crippen LogP contribution >= 0.6 is 11.3 Å². The third-order valence-electron chi connectivity index (χ3n) is 2.58. The van der Waals surface area contributed by atoms with Crippen molar-refractivity contribution in [1.82, 2.24) is 4.98 Å². The second kappa shape index (κ2) is 6.65. The van der Waals surface area contributed by atoms with Gasteiger partial charge in [0.1, 0.15) is 11.8 Å². The highest BCUT2D eigenvalue weighted by Crippen LogP contribution is 2.29. The lowest BCUT2D eigenvalue weighted by Crippen LogP contribution is -2.39. The zero-order chi connectivity index (χ0) is 14.5. The van der Waals surface area contributed by atoms with E-state index in [0.717, 1.165) is 16.0 Å². The van der Waals surface area contributed by atoms with Gasteiger partial charge in [-0.3, -0.25) is 4.79 Å².